The van der Waals surface area contributed by atoms with Gasteiger partial charge in [-0.15, -0.1) is 0 Å². The predicted octanol–water partition coefficient (Wildman–Crippen LogP) is 3.07. The fourth-order valence-electron chi connectivity index (χ4n) is 3.68. The third-order valence-electron chi connectivity index (χ3n) is 5.14. The number of methoxy groups -OCH3 is 1. The topological polar surface area (TPSA) is 61.9 Å². The number of nitrogens with zero attached hydrogens (tertiary/aromatic N) is 2. The van der Waals surface area contributed by atoms with Gasteiger partial charge in [-0.05, 0) is 29.7 Å². The number of hydrogen-bond donors (Lipinski definition) is 1. The first-order valence-corrected chi connectivity index (χ1v) is 10.0. The summed E-state index contributed by atoms with van der Waals surface area (Å²) in [5, 5.41) is 2.78. The highest BCUT2D eigenvalue weighted by Gasteiger charge is 2.27. The summed E-state index contributed by atoms with van der Waals surface area (Å²) in [6, 6.07) is 17.6. The Hall–Kier alpha value is -2.70. The third-order valence-corrected chi connectivity index (χ3v) is 5.14. The molecule has 1 aliphatic heterocycles. The minimum atomic E-state index is -0.552. The molecule has 29 heavy (non-hydrogen) atoms. The highest BCUT2D eigenvalue weighted by Crippen LogP contribution is 2.21. The zero-order valence-electron chi connectivity index (χ0n) is 17.1. The van der Waals surface area contributed by atoms with Crippen LogP contribution in [-0.4, -0.2) is 54.9 Å². The molecule has 154 valence electrons. The molecule has 6 heteroatoms. The molecule has 1 heterocycles. The predicted molar refractivity (Wildman–Crippen MR) is 113 cm³/mol. The van der Waals surface area contributed by atoms with Crippen LogP contribution < -0.4 is 5.32 Å². The number of hydrogen-bond acceptors (Lipinski definition) is 4. The van der Waals surface area contributed by atoms with E-state index in [-0.39, 0.29) is 11.8 Å². The lowest BCUT2D eigenvalue weighted by atomic mass is 10.1. The van der Waals surface area contributed by atoms with Gasteiger partial charge in [-0.25, -0.2) is 0 Å². The Bertz CT molecular complexity index is 808. The van der Waals surface area contributed by atoms with Gasteiger partial charge in [-0.1, -0.05) is 42.5 Å². The van der Waals surface area contributed by atoms with Gasteiger partial charge in [0.2, 0.25) is 5.91 Å². The molecule has 1 saturated heterocycles. The summed E-state index contributed by atoms with van der Waals surface area (Å²) in [6.45, 7) is 5.53. The molecule has 0 aliphatic carbocycles. The van der Waals surface area contributed by atoms with Crippen LogP contribution in [0.5, 0.6) is 0 Å². The van der Waals surface area contributed by atoms with Crippen molar-refractivity contribution in [1.82, 2.24) is 9.80 Å². The number of carbonyl (C=O) groups is 2. The summed E-state index contributed by atoms with van der Waals surface area (Å²) in [7, 11) is 1.59. The van der Waals surface area contributed by atoms with E-state index in [1.54, 1.807) is 7.11 Å². The van der Waals surface area contributed by atoms with Gasteiger partial charge in [0.1, 0.15) is 0 Å². The van der Waals surface area contributed by atoms with Crippen molar-refractivity contribution in [2.45, 2.75) is 26.0 Å². The van der Waals surface area contributed by atoms with Crippen LogP contribution in [0.15, 0.2) is 54.6 Å². The van der Waals surface area contributed by atoms with E-state index >= 15 is 0 Å². The van der Waals surface area contributed by atoms with E-state index in [1.807, 2.05) is 59.5 Å². The van der Waals surface area contributed by atoms with Crippen LogP contribution in [0.1, 0.15) is 30.6 Å². The van der Waals surface area contributed by atoms with Crippen molar-refractivity contribution in [3.05, 3.63) is 65.7 Å². The number of amides is 2. The molecule has 0 aromatic heterocycles. The molecular formula is C23H29N3O3. The molecule has 0 saturated carbocycles. The van der Waals surface area contributed by atoms with Crippen molar-refractivity contribution in [2.24, 2.45) is 0 Å². The molecule has 2 aromatic rings. The minimum absolute atomic E-state index is 0.0280. The zero-order valence-corrected chi connectivity index (χ0v) is 17.1. The second kappa shape index (κ2) is 10.2. The van der Waals surface area contributed by atoms with Gasteiger partial charge in [-0.2, -0.15) is 0 Å². The highest BCUT2D eigenvalue weighted by atomic mass is 16.5. The Labute approximate surface area is 172 Å². The number of carbonyl (C=O) groups excluding carboxylic acids is 2. The van der Waals surface area contributed by atoms with E-state index in [0.29, 0.717) is 6.54 Å². The van der Waals surface area contributed by atoms with Gasteiger partial charge in [0, 0.05) is 52.4 Å². The summed E-state index contributed by atoms with van der Waals surface area (Å²) in [5.41, 5.74) is 2.89. The molecule has 1 atom stereocenters. The minimum Gasteiger partial charge on any atom is -0.367 e. The molecule has 0 spiro atoms. The maximum atomic E-state index is 13.0. The molecule has 2 amide bonds. The average molecular weight is 396 g/mol. The third kappa shape index (κ3) is 5.89. The van der Waals surface area contributed by atoms with E-state index in [1.165, 1.54) is 12.5 Å². The molecule has 1 N–H and O–H groups in total. The second-order valence-electron chi connectivity index (χ2n) is 7.36. The van der Waals surface area contributed by atoms with Gasteiger partial charge >= 0.3 is 0 Å². The Morgan fingerprint density at radius 2 is 1.72 bits per heavy atom. The Balaban J connectivity index is 1.57. The maximum Gasteiger partial charge on any atom is 0.256 e. The van der Waals surface area contributed by atoms with Crippen molar-refractivity contribution < 1.29 is 14.3 Å². The van der Waals surface area contributed by atoms with E-state index in [4.69, 9.17) is 4.74 Å². The van der Waals surface area contributed by atoms with E-state index in [2.05, 4.69) is 10.2 Å². The molecule has 1 fully saturated rings. The van der Waals surface area contributed by atoms with E-state index in [9.17, 15) is 9.59 Å². The van der Waals surface area contributed by atoms with Crippen LogP contribution in [0.3, 0.4) is 0 Å². The molecule has 0 unspecified atom stereocenters. The van der Waals surface area contributed by atoms with E-state index in [0.717, 1.165) is 43.9 Å². The molecule has 2 aromatic carbocycles. The van der Waals surface area contributed by atoms with Crippen molar-refractivity contribution in [3.63, 3.8) is 0 Å². The second-order valence-corrected chi connectivity index (χ2v) is 7.36. The Morgan fingerprint density at radius 1 is 1.00 bits per heavy atom. The average Bonchev–Trinajstić information content (AvgIpc) is 2.96. The summed E-state index contributed by atoms with van der Waals surface area (Å²) >= 11 is 0. The summed E-state index contributed by atoms with van der Waals surface area (Å²) in [5.74, 6) is -0.0416. The first-order chi connectivity index (χ1) is 14.1. The molecule has 3 rings (SSSR count). The lowest BCUT2D eigenvalue weighted by Gasteiger charge is -2.26. The van der Waals surface area contributed by atoms with Crippen LogP contribution in [-0.2, 0) is 20.9 Å². The number of benzene rings is 2. The van der Waals surface area contributed by atoms with Gasteiger partial charge < -0.3 is 15.0 Å². The maximum absolute atomic E-state index is 13.0. The quantitative estimate of drug-likeness (QED) is 0.817. The first kappa shape index (κ1) is 21.0. The van der Waals surface area contributed by atoms with E-state index < -0.39 is 6.10 Å². The smallest absolute Gasteiger partial charge is 0.256 e. The number of anilines is 1. The van der Waals surface area contributed by atoms with Crippen LogP contribution in [0, 0.1) is 0 Å². The van der Waals surface area contributed by atoms with Gasteiger partial charge in [0.05, 0.1) is 0 Å². The molecule has 1 aliphatic rings. The monoisotopic (exact) mass is 395 g/mol. The molecule has 6 nitrogen and oxygen atoms in total. The molecule has 0 bridgehead atoms. The van der Waals surface area contributed by atoms with Crippen molar-refractivity contribution in [2.75, 3.05) is 38.6 Å². The normalized spacial score (nSPS) is 16.1. The zero-order chi connectivity index (χ0) is 20.6. The van der Waals surface area contributed by atoms with Crippen LogP contribution in [0.2, 0.25) is 0 Å². The highest BCUT2D eigenvalue weighted by molar-refractivity contribution is 5.88. The fourth-order valence-corrected chi connectivity index (χ4v) is 3.68. The van der Waals surface area contributed by atoms with Gasteiger partial charge in [-0.3, -0.25) is 14.5 Å². The fraction of sp³-hybridized carbons (Fsp3) is 0.391. The van der Waals surface area contributed by atoms with Crippen molar-refractivity contribution in [3.8, 4) is 0 Å². The SMILES string of the molecule is CO[C@@H](C(=O)N1CCCN(Cc2ccc(NC(C)=O)cc2)CC1)c1ccccc1. The Kier molecular flexibility index (Phi) is 7.38. The molecule has 0 radical (unpaired) electrons. The van der Waals surface area contributed by atoms with Crippen molar-refractivity contribution in [1.29, 1.82) is 0 Å². The van der Waals surface area contributed by atoms with Crippen LogP contribution in [0.25, 0.3) is 0 Å². The van der Waals surface area contributed by atoms with Crippen LogP contribution in [0.4, 0.5) is 5.69 Å². The lowest BCUT2D eigenvalue weighted by molar-refractivity contribution is -0.142. The number of rotatable bonds is 6. The Morgan fingerprint density at radius 3 is 2.38 bits per heavy atom. The van der Waals surface area contributed by atoms with Crippen LogP contribution >= 0.6 is 0 Å². The lowest BCUT2D eigenvalue weighted by Crippen LogP contribution is -2.38. The number of nitrogens with one attached hydrogen (secondary N) is 1. The molecular weight excluding hydrogens is 366 g/mol. The van der Waals surface area contributed by atoms with Crippen molar-refractivity contribution >= 4 is 17.5 Å². The largest absolute Gasteiger partial charge is 0.367 e. The standard InChI is InChI=1S/C23H29N3O3/c1-18(27)24-21-11-9-19(10-12-21)17-25-13-6-14-26(16-15-25)23(28)22(29-2)20-7-4-3-5-8-20/h3-5,7-12,22H,6,13-17H2,1-2H3,(H,24,27)/t22-/m1/s1. The summed E-state index contributed by atoms with van der Waals surface area (Å²) < 4.78 is 5.52. The summed E-state index contributed by atoms with van der Waals surface area (Å²) in [4.78, 5) is 28.4. The first-order valence-electron chi connectivity index (χ1n) is 10.0. The number of ether oxygens (including phenoxy) is 1. The van der Waals surface area contributed by atoms with Gasteiger partial charge in [0.25, 0.3) is 5.91 Å². The summed E-state index contributed by atoms with van der Waals surface area (Å²) in [6.07, 6.45) is 0.380. The van der Waals surface area contributed by atoms with Gasteiger partial charge in [0.15, 0.2) is 6.10 Å².